The van der Waals surface area contributed by atoms with Crippen LogP contribution >= 0.6 is 23.6 Å². The molecule has 0 spiro atoms. The van der Waals surface area contributed by atoms with E-state index >= 15 is 0 Å². The van der Waals surface area contributed by atoms with Gasteiger partial charge in [0.25, 0.3) is 0 Å². The molecule has 0 amide bonds. The molecule has 2 N–H and O–H groups in total. The molecule has 1 saturated carbocycles. The number of hydrogen-bond donors (Lipinski definition) is 2. The van der Waals surface area contributed by atoms with Crippen LogP contribution in [-0.2, 0) is 17.6 Å². The van der Waals surface area contributed by atoms with Crippen molar-refractivity contribution in [1.29, 1.82) is 0 Å². The van der Waals surface area contributed by atoms with Crippen LogP contribution in [-0.4, -0.2) is 24.2 Å². The Bertz CT molecular complexity index is 634. The van der Waals surface area contributed by atoms with Crippen molar-refractivity contribution in [2.24, 2.45) is 5.92 Å². The van der Waals surface area contributed by atoms with E-state index in [1.54, 1.807) is 11.3 Å². The molecular formula is C19H28N2O2S2. The molecule has 2 aliphatic rings. The van der Waals surface area contributed by atoms with E-state index < -0.39 is 0 Å². The molecule has 3 rings (SSSR count). The van der Waals surface area contributed by atoms with Crippen LogP contribution in [0.3, 0.4) is 0 Å². The first-order valence-electron chi connectivity index (χ1n) is 9.38. The Kier molecular flexibility index (Phi) is 6.34. The first-order chi connectivity index (χ1) is 12.1. The van der Waals surface area contributed by atoms with Gasteiger partial charge >= 0.3 is 5.97 Å². The smallest absolute Gasteiger partial charge is 0.341 e. The van der Waals surface area contributed by atoms with Gasteiger partial charge in [0, 0.05) is 10.9 Å². The predicted octanol–water partition coefficient (Wildman–Crippen LogP) is 4.67. The van der Waals surface area contributed by atoms with Crippen molar-refractivity contribution >= 4 is 39.6 Å². The largest absolute Gasteiger partial charge is 0.465 e. The first-order valence-corrected chi connectivity index (χ1v) is 10.6. The summed E-state index contributed by atoms with van der Waals surface area (Å²) >= 11 is 7.20. The van der Waals surface area contributed by atoms with Gasteiger partial charge in [-0.1, -0.05) is 32.6 Å². The second kappa shape index (κ2) is 8.49. The van der Waals surface area contributed by atoms with Crippen LogP contribution in [0.25, 0.3) is 0 Å². The highest BCUT2D eigenvalue weighted by molar-refractivity contribution is 7.80. The zero-order chi connectivity index (χ0) is 17.8. The van der Waals surface area contributed by atoms with Gasteiger partial charge in [0.2, 0.25) is 0 Å². The number of carbonyl (C=O) groups excluding carboxylic acids is 1. The predicted molar refractivity (Wildman–Crippen MR) is 108 cm³/mol. The van der Waals surface area contributed by atoms with E-state index in [-0.39, 0.29) is 5.97 Å². The number of methoxy groups -OCH3 is 1. The molecule has 0 aliphatic heterocycles. The second-order valence-corrected chi connectivity index (χ2v) is 8.85. The summed E-state index contributed by atoms with van der Waals surface area (Å²) in [5, 5.41) is 8.23. The van der Waals surface area contributed by atoms with Crippen LogP contribution in [0.4, 0.5) is 5.00 Å². The fourth-order valence-electron chi connectivity index (χ4n) is 3.91. The van der Waals surface area contributed by atoms with Crippen molar-refractivity contribution in [3.63, 3.8) is 0 Å². The number of esters is 1. The molecule has 6 heteroatoms. The van der Waals surface area contributed by atoms with Gasteiger partial charge in [0.05, 0.1) is 12.7 Å². The number of hydrogen-bond acceptors (Lipinski definition) is 4. The maximum atomic E-state index is 12.3. The zero-order valence-electron chi connectivity index (χ0n) is 15.2. The van der Waals surface area contributed by atoms with Gasteiger partial charge in [0.15, 0.2) is 5.11 Å². The lowest BCUT2D eigenvalue weighted by Crippen LogP contribution is -2.37. The standard InChI is InChI=1S/C19H28N2O2S2/c1-12-9-10-14-15(11-12)25-17(16(14)18(22)23-2)21-19(24)20-13-7-5-3-4-6-8-13/h12-13H,3-11H2,1-2H3,(H2,20,21,24)/t12-/m0/s1. The highest BCUT2D eigenvalue weighted by atomic mass is 32.1. The van der Waals surface area contributed by atoms with Gasteiger partial charge in [-0.3, -0.25) is 0 Å². The van der Waals surface area contributed by atoms with Crippen LogP contribution in [0.2, 0.25) is 0 Å². The Morgan fingerprint density at radius 1 is 1.20 bits per heavy atom. The van der Waals surface area contributed by atoms with Crippen LogP contribution < -0.4 is 10.6 Å². The summed E-state index contributed by atoms with van der Waals surface area (Å²) in [4.78, 5) is 13.7. The molecule has 25 heavy (non-hydrogen) atoms. The van der Waals surface area contributed by atoms with Gasteiger partial charge in [-0.05, 0) is 55.8 Å². The molecule has 1 atom stereocenters. The average Bonchev–Trinajstić information content (AvgIpc) is 2.75. The molecule has 0 bridgehead atoms. The fraction of sp³-hybridized carbons (Fsp3) is 0.684. The number of thiophene rings is 1. The normalized spacial score (nSPS) is 21.1. The molecule has 0 aromatic carbocycles. The van der Waals surface area contributed by atoms with Crippen molar-refractivity contribution in [1.82, 2.24) is 5.32 Å². The van der Waals surface area contributed by atoms with Crippen molar-refractivity contribution in [3.05, 3.63) is 16.0 Å². The van der Waals surface area contributed by atoms with Gasteiger partial charge in [-0.15, -0.1) is 11.3 Å². The Morgan fingerprint density at radius 3 is 2.60 bits per heavy atom. The minimum atomic E-state index is -0.258. The second-order valence-electron chi connectivity index (χ2n) is 7.33. The van der Waals surface area contributed by atoms with Crippen LogP contribution in [0, 0.1) is 5.92 Å². The number of rotatable bonds is 3. The van der Waals surface area contributed by atoms with E-state index in [9.17, 15) is 4.79 Å². The summed E-state index contributed by atoms with van der Waals surface area (Å²) in [6.07, 6.45) is 10.6. The molecule has 1 aromatic rings. The van der Waals surface area contributed by atoms with Crippen molar-refractivity contribution in [2.75, 3.05) is 12.4 Å². The highest BCUT2D eigenvalue weighted by Crippen LogP contribution is 2.40. The molecule has 2 aliphatic carbocycles. The summed E-state index contributed by atoms with van der Waals surface area (Å²) in [7, 11) is 1.45. The molecule has 0 radical (unpaired) electrons. The fourth-order valence-corrected chi connectivity index (χ4v) is 5.64. The first kappa shape index (κ1) is 18.6. The van der Waals surface area contributed by atoms with E-state index in [1.807, 2.05) is 0 Å². The topological polar surface area (TPSA) is 50.4 Å². The third-order valence-electron chi connectivity index (χ3n) is 5.32. The quantitative estimate of drug-likeness (QED) is 0.453. The number of fused-ring (bicyclic) bond motifs is 1. The number of anilines is 1. The lowest BCUT2D eigenvalue weighted by molar-refractivity contribution is 0.0601. The SMILES string of the molecule is COC(=O)c1c(NC(=S)NC2CCCCCC2)sc2c1CC[C@H](C)C2. The lowest BCUT2D eigenvalue weighted by atomic mass is 9.88. The number of thiocarbonyl (C=S) groups is 1. The summed E-state index contributed by atoms with van der Waals surface area (Å²) in [5.74, 6) is 0.410. The van der Waals surface area contributed by atoms with Crippen LogP contribution in [0.1, 0.15) is 72.7 Å². The molecule has 138 valence electrons. The Labute approximate surface area is 159 Å². The number of nitrogens with one attached hydrogen (secondary N) is 2. The Hall–Kier alpha value is -1.14. The Balaban J connectivity index is 1.74. The van der Waals surface area contributed by atoms with E-state index in [4.69, 9.17) is 17.0 Å². The third kappa shape index (κ3) is 4.53. The van der Waals surface area contributed by atoms with Crippen molar-refractivity contribution < 1.29 is 9.53 Å². The van der Waals surface area contributed by atoms with E-state index in [2.05, 4.69) is 17.6 Å². The Morgan fingerprint density at radius 2 is 1.92 bits per heavy atom. The molecule has 0 saturated heterocycles. The van der Waals surface area contributed by atoms with E-state index in [0.717, 1.165) is 29.8 Å². The summed E-state index contributed by atoms with van der Waals surface area (Å²) in [6, 6.07) is 0.443. The van der Waals surface area contributed by atoms with Gasteiger partial charge in [-0.2, -0.15) is 0 Å². The zero-order valence-corrected chi connectivity index (χ0v) is 16.8. The van der Waals surface area contributed by atoms with Crippen LogP contribution in [0.15, 0.2) is 0 Å². The average molecular weight is 381 g/mol. The molecular weight excluding hydrogens is 352 g/mol. The number of ether oxygens (including phenoxy) is 1. The molecule has 1 fully saturated rings. The van der Waals surface area contributed by atoms with Gasteiger partial charge in [-0.25, -0.2) is 4.79 Å². The van der Waals surface area contributed by atoms with Gasteiger partial charge in [0.1, 0.15) is 5.00 Å². The van der Waals surface area contributed by atoms with E-state index in [0.29, 0.717) is 22.6 Å². The summed E-state index contributed by atoms with van der Waals surface area (Å²) < 4.78 is 5.04. The van der Waals surface area contributed by atoms with E-state index in [1.165, 1.54) is 50.5 Å². The molecule has 1 heterocycles. The molecule has 0 unspecified atom stereocenters. The maximum absolute atomic E-state index is 12.3. The number of carbonyl (C=O) groups is 1. The van der Waals surface area contributed by atoms with Gasteiger partial charge < -0.3 is 15.4 Å². The summed E-state index contributed by atoms with van der Waals surface area (Å²) in [6.45, 7) is 2.27. The monoisotopic (exact) mass is 380 g/mol. The summed E-state index contributed by atoms with van der Waals surface area (Å²) in [5.41, 5.74) is 1.86. The van der Waals surface area contributed by atoms with Crippen molar-refractivity contribution in [3.8, 4) is 0 Å². The molecule has 4 nitrogen and oxygen atoms in total. The highest BCUT2D eigenvalue weighted by Gasteiger charge is 2.28. The molecule has 1 aromatic heterocycles. The minimum absolute atomic E-state index is 0.258. The third-order valence-corrected chi connectivity index (χ3v) is 6.71. The lowest BCUT2D eigenvalue weighted by Gasteiger charge is -2.19. The van der Waals surface area contributed by atoms with Crippen molar-refractivity contribution in [2.45, 2.75) is 70.8 Å². The maximum Gasteiger partial charge on any atom is 0.341 e. The minimum Gasteiger partial charge on any atom is -0.465 e. The van der Waals surface area contributed by atoms with Crippen LogP contribution in [0.5, 0.6) is 0 Å².